The van der Waals surface area contributed by atoms with Gasteiger partial charge in [0.05, 0.1) is 0 Å². The summed E-state index contributed by atoms with van der Waals surface area (Å²) in [7, 11) is 0. The Morgan fingerprint density at radius 1 is 1.71 bits per heavy atom. The first-order chi connectivity index (χ1) is 3.15. The summed E-state index contributed by atoms with van der Waals surface area (Å²) in [4.78, 5) is 8.56. The number of hydrogen-bond acceptors (Lipinski definition) is 1. The van der Waals surface area contributed by atoms with Crippen molar-refractivity contribution in [3.8, 4) is 0 Å². The van der Waals surface area contributed by atoms with Crippen LogP contribution in [0.15, 0.2) is 11.3 Å². The van der Waals surface area contributed by atoms with Gasteiger partial charge in [0.1, 0.15) is 0 Å². The minimum atomic E-state index is -1.83. The second-order valence-electron chi connectivity index (χ2n) is 0.691. The van der Waals surface area contributed by atoms with Crippen molar-refractivity contribution in [1.82, 2.24) is 0 Å². The van der Waals surface area contributed by atoms with E-state index in [2.05, 4.69) is 6.58 Å². The Morgan fingerprint density at radius 2 is 1.71 bits per heavy atom. The van der Waals surface area contributed by atoms with Gasteiger partial charge < -0.3 is 10.2 Å². The Kier molecular flexibility index (Phi) is 12.8. The summed E-state index contributed by atoms with van der Waals surface area (Å²) >= 11 is 1.89. The fraction of sp³-hybridized carbons (Fsp3) is 0. The van der Waals surface area contributed by atoms with Crippen molar-refractivity contribution in [3.63, 3.8) is 0 Å². The van der Waals surface area contributed by atoms with Crippen molar-refractivity contribution >= 4 is 23.9 Å². The third-order valence-corrected chi connectivity index (χ3v) is 0. The molecule has 0 aromatic rings. The zero-order valence-electron chi connectivity index (χ0n) is 4.09. The van der Waals surface area contributed by atoms with Crippen molar-refractivity contribution < 1.29 is 15.0 Å². The molecule has 0 aliphatic carbocycles. The van der Waals surface area contributed by atoms with Gasteiger partial charge in [0, 0.05) is 0 Å². The Bertz CT molecular complexity index is 57.2. The van der Waals surface area contributed by atoms with Gasteiger partial charge in [-0.3, -0.25) is 0 Å². The molecule has 36 valence electrons. The van der Waals surface area contributed by atoms with Crippen molar-refractivity contribution in [1.29, 1.82) is 0 Å². The third kappa shape index (κ3) is 473. The molecule has 0 radical (unpaired) electrons. The summed E-state index contributed by atoms with van der Waals surface area (Å²) in [6.07, 6.45) is -1.83. The molecule has 0 aliphatic heterocycles. The summed E-state index contributed by atoms with van der Waals surface area (Å²) < 4.78 is 1.75. The standard InChI is InChI=1S/C2H3.CH2O3.Li/c1-2;2-1(3)4;/h1H,2H2;(H2,2,3,4);. The van der Waals surface area contributed by atoms with Crippen LogP contribution in [0.1, 0.15) is 0 Å². The molecule has 0 bridgehead atoms. The fourth-order valence-corrected chi connectivity index (χ4v) is 0. The Morgan fingerprint density at radius 3 is 1.71 bits per heavy atom. The number of hydrogen-bond donors (Lipinski definition) is 2. The molecule has 0 rings (SSSR count). The second-order valence-corrected chi connectivity index (χ2v) is 0.691. The molecule has 0 saturated heterocycles. The number of carboxylic acid groups (broad SMARTS) is 2. The van der Waals surface area contributed by atoms with E-state index in [1.165, 1.54) is 0 Å². The first-order valence-corrected chi connectivity index (χ1v) is 1.64. The van der Waals surface area contributed by atoms with Crippen LogP contribution in [0.3, 0.4) is 0 Å². The van der Waals surface area contributed by atoms with Crippen LogP contribution in [-0.4, -0.2) is 34.1 Å². The number of rotatable bonds is 0. The molecule has 0 fully saturated rings. The molecule has 0 spiro atoms. The summed E-state index contributed by atoms with van der Waals surface area (Å²) in [5, 5.41) is 13.9. The summed E-state index contributed by atoms with van der Waals surface area (Å²) in [6.45, 7) is 3.36. The van der Waals surface area contributed by atoms with Gasteiger partial charge in [-0.15, -0.1) is 0 Å². The zero-order valence-corrected chi connectivity index (χ0v) is 4.09. The zero-order chi connectivity index (χ0) is 6.28. The molecular formula is C3H5LiO3. The van der Waals surface area contributed by atoms with Crippen LogP contribution in [0.5, 0.6) is 0 Å². The normalized spacial score (nSPS) is 5.43. The van der Waals surface area contributed by atoms with E-state index >= 15 is 0 Å². The topological polar surface area (TPSA) is 57.5 Å². The molecule has 0 aromatic heterocycles. The van der Waals surface area contributed by atoms with Crippen molar-refractivity contribution in [2.75, 3.05) is 0 Å². The van der Waals surface area contributed by atoms with Gasteiger partial charge in [0.2, 0.25) is 0 Å². The maximum absolute atomic E-state index is 8.56. The van der Waals surface area contributed by atoms with E-state index in [-0.39, 0.29) is 0 Å². The monoisotopic (exact) mass is 96.0 g/mol. The molecule has 4 heteroatoms. The summed E-state index contributed by atoms with van der Waals surface area (Å²) in [5.41, 5.74) is 0. The Balaban J connectivity index is 0. The fourth-order valence-electron chi connectivity index (χ4n) is 0. The summed E-state index contributed by atoms with van der Waals surface area (Å²) in [6, 6.07) is 0. The molecule has 0 atom stereocenters. The minimum absolute atomic E-state index is 1.75. The van der Waals surface area contributed by atoms with Crippen LogP contribution in [0.2, 0.25) is 0 Å². The molecule has 3 nitrogen and oxygen atoms in total. The van der Waals surface area contributed by atoms with Crippen LogP contribution in [0.4, 0.5) is 4.79 Å². The summed E-state index contributed by atoms with van der Waals surface area (Å²) in [5.74, 6) is 0. The van der Waals surface area contributed by atoms with E-state index in [0.717, 1.165) is 0 Å². The van der Waals surface area contributed by atoms with Gasteiger partial charge in [0.25, 0.3) is 0 Å². The van der Waals surface area contributed by atoms with E-state index in [1.54, 1.807) is 4.75 Å². The van der Waals surface area contributed by atoms with Gasteiger partial charge in [-0.25, -0.2) is 4.79 Å². The van der Waals surface area contributed by atoms with Crippen molar-refractivity contribution in [3.05, 3.63) is 11.3 Å². The van der Waals surface area contributed by atoms with Crippen LogP contribution < -0.4 is 0 Å². The molecule has 7 heavy (non-hydrogen) atoms. The molecule has 0 aliphatic rings. The SMILES string of the molecule is O=C(O)O.[Li][CH]=C. The van der Waals surface area contributed by atoms with E-state index < -0.39 is 6.16 Å². The van der Waals surface area contributed by atoms with Crippen LogP contribution in [0, 0.1) is 0 Å². The van der Waals surface area contributed by atoms with Crippen molar-refractivity contribution in [2.24, 2.45) is 0 Å². The first-order valence-electron chi connectivity index (χ1n) is 1.64. The third-order valence-electron chi connectivity index (χ3n) is 0. The van der Waals surface area contributed by atoms with Gasteiger partial charge >= 0.3 is 35.2 Å². The van der Waals surface area contributed by atoms with E-state index in [0.29, 0.717) is 0 Å². The predicted molar refractivity (Wildman–Crippen MR) is 26.6 cm³/mol. The van der Waals surface area contributed by atoms with Gasteiger partial charge in [-0.2, -0.15) is 0 Å². The molecule has 2 N–H and O–H groups in total. The first kappa shape index (κ1) is 9.79. The quantitative estimate of drug-likeness (QED) is 0.432. The Hall–Kier alpha value is -0.393. The van der Waals surface area contributed by atoms with Crippen LogP contribution >= 0.6 is 0 Å². The average molecular weight is 96.0 g/mol. The molecule has 0 unspecified atom stereocenters. The van der Waals surface area contributed by atoms with Crippen molar-refractivity contribution in [2.45, 2.75) is 0 Å². The molecule has 0 aromatic carbocycles. The average Bonchev–Trinajstić information content (AvgIpc) is 1.33. The Labute approximate surface area is 50.9 Å². The van der Waals surface area contributed by atoms with Gasteiger partial charge in [-0.1, -0.05) is 0 Å². The number of carbonyl (C=O) groups is 1. The predicted octanol–water partition coefficient (Wildman–Crippen LogP) is 0.521. The van der Waals surface area contributed by atoms with Crippen LogP contribution in [-0.2, 0) is 0 Å². The second kappa shape index (κ2) is 9.15. The van der Waals surface area contributed by atoms with Crippen LogP contribution in [0.25, 0.3) is 0 Å². The van der Waals surface area contributed by atoms with E-state index in [1.807, 2.05) is 17.7 Å². The molecule has 0 amide bonds. The maximum atomic E-state index is 8.56. The van der Waals surface area contributed by atoms with Gasteiger partial charge in [-0.05, 0) is 0 Å². The van der Waals surface area contributed by atoms with E-state index in [4.69, 9.17) is 15.0 Å². The van der Waals surface area contributed by atoms with E-state index in [9.17, 15) is 0 Å². The molecule has 0 heterocycles. The van der Waals surface area contributed by atoms with Gasteiger partial charge in [0.15, 0.2) is 0 Å². The molecule has 0 saturated carbocycles. The molecular weight excluding hydrogens is 91.0 g/mol.